The number of fused-ring (bicyclic) bond motifs is 2. The van der Waals surface area contributed by atoms with E-state index < -0.39 is 12.1 Å². The fourth-order valence-corrected chi connectivity index (χ4v) is 2.95. The Hall–Kier alpha value is -3.28. The van der Waals surface area contributed by atoms with Crippen LogP contribution in [0.25, 0.3) is 10.9 Å². The number of Topliss-reactive ketones (excluding diaryl/α,β-unsaturated/α-hetero) is 1. The van der Waals surface area contributed by atoms with Crippen molar-refractivity contribution in [1.29, 1.82) is 0 Å². The molecule has 1 aliphatic rings. The Labute approximate surface area is 149 Å². The second kappa shape index (κ2) is 6.55. The Bertz CT molecular complexity index is 991. The number of hydrogen-bond donors (Lipinski definition) is 1. The number of nitrogens with one attached hydrogen (secondary N) is 1. The standard InChI is InChI=1S/C20H17NO5/c1-12(19(22)15-11-21-16-5-3-2-4-14(15)16)26-20(23)13-6-7-17-18(10-13)25-9-8-24-17/h2-7,10-12,21H,8-9H2,1H3/t12-/m0/s1. The van der Waals surface area contributed by atoms with Crippen LogP contribution < -0.4 is 9.47 Å². The maximum absolute atomic E-state index is 12.7. The molecule has 132 valence electrons. The first-order valence-electron chi connectivity index (χ1n) is 8.34. The smallest absolute Gasteiger partial charge is 0.338 e. The number of para-hydroxylation sites is 1. The Morgan fingerprint density at radius 1 is 1.08 bits per heavy atom. The zero-order valence-corrected chi connectivity index (χ0v) is 14.2. The minimum absolute atomic E-state index is 0.256. The van der Waals surface area contributed by atoms with Gasteiger partial charge in [0.1, 0.15) is 13.2 Å². The van der Waals surface area contributed by atoms with Gasteiger partial charge >= 0.3 is 5.97 Å². The average molecular weight is 351 g/mol. The Kier molecular flexibility index (Phi) is 4.08. The molecule has 6 nitrogen and oxygen atoms in total. The van der Waals surface area contributed by atoms with Crippen LogP contribution in [0.1, 0.15) is 27.6 Å². The lowest BCUT2D eigenvalue weighted by molar-refractivity contribution is 0.0318. The van der Waals surface area contributed by atoms with Gasteiger partial charge in [-0.25, -0.2) is 4.79 Å². The molecular weight excluding hydrogens is 334 g/mol. The number of rotatable bonds is 4. The Balaban J connectivity index is 1.51. The van der Waals surface area contributed by atoms with E-state index in [0.29, 0.717) is 35.8 Å². The van der Waals surface area contributed by atoms with Crippen molar-refractivity contribution >= 4 is 22.7 Å². The first-order valence-corrected chi connectivity index (χ1v) is 8.34. The van der Waals surface area contributed by atoms with Crippen LogP contribution in [0.2, 0.25) is 0 Å². The normalized spacial score (nSPS) is 14.0. The molecule has 1 atom stereocenters. The predicted molar refractivity (Wildman–Crippen MR) is 94.9 cm³/mol. The Morgan fingerprint density at radius 2 is 1.85 bits per heavy atom. The number of ketones is 1. The molecule has 1 aliphatic heterocycles. The number of H-pyrrole nitrogens is 1. The highest BCUT2D eigenvalue weighted by Gasteiger charge is 2.24. The quantitative estimate of drug-likeness (QED) is 0.576. The maximum Gasteiger partial charge on any atom is 0.338 e. The van der Waals surface area contributed by atoms with Crippen LogP contribution >= 0.6 is 0 Å². The van der Waals surface area contributed by atoms with Crippen LogP contribution in [0.4, 0.5) is 0 Å². The average Bonchev–Trinajstić information content (AvgIpc) is 3.11. The van der Waals surface area contributed by atoms with Gasteiger partial charge < -0.3 is 19.2 Å². The molecule has 0 saturated heterocycles. The molecule has 0 saturated carbocycles. The van der Waals surface area contributed by atoms with E-state index in [1.807, 2.05) is 24.3 Å². The van der Waals surface area contributed by atoms with Crippen molar-refractivity contribution in [2.75, 3.05) is 13.2 Å². The highest BCUT2D eigenvalue weighted by molar-refractivity contribution is 6.10. The van der Waals surface area contributed by atoms with Gasteiger partial charge in [0, 0.05) is 22.7 Å². The van der Waals surface area contributed by atoms with Gasteiger partial charge in [0.05, 0.1) is 5.56 Å². The topological polar surface area (TPSA) is 77.6 Å². The summed E-state index contributed by atoms with van der Waals surface area (Å²) in [7, 11) is 0. The number of carbonyl (C=O) groups excluding carboxylic acids is 2. The van der Waals surface area contributed by atoms with Crippen LogP contribution in [0.5, 0.6) is 11.5 Å². The number of benzene rings is 2. The van der Waals surface area contributed by atoms with E-state index in [4.69, 9.17) is 14.2 Å². The Morgan fingerprint density at radius 3 is 2.69 bits per heavy atom. The number of aromatic amines is 1. The summed E-state index contributed by atoms with van der Waals surface area (Å²) in [4.78, 5) is 28.1. The fourth-order valence-electron chi connectivity index (χ4n) is 2.95. The molecule has 6 heteroatoms. The highest BCUT2D eigenvalue weighted by Crippen LogP contribution is 2.31. The van der Waals surface area contributed by atoms with E-state index in [-0.39, 0.29) is 5.78 Å². The van der Waals surface area contributed by atoms with Crippen LogP contribution in [0.3, 0.4) is 0 Å². The minimum Gasteiger partial charge on any atom is -0.486 e. The van der Waals surface area contributed by atoms with Crippen molar-refractivity contribution in [1.82, 2.24) is 4.98 Å². The summed E-state index contributed by atoms with van der Waals surface area (Å²) in [6, 6.07) is 12.3. The molecule has 2 aromatic carbocycles. The molecule has 0 aliphatic carbocycles. The summed E-state index contributed by atoms with van der Waals surface area (Å²) < 4.78 is 16.3. The number of aromatic nitrogens is 1. The lowest BCUT2D eigenvalue weighted by atomic mass is 10.1. The summed E-state index contributed by atoms with van der Waals surface area (Å²) in [5, 5.41) is 0.805. The van der Waals surface area contributed by atoms with Gasteiger partial charge in [-0.1, -0.05) is 18.2 Å². The third kappa shape index (κ3) is 2.90. The maximum atomic E-state index is 12.7. The van der Waals surface area contributed by atoms with Gasteiger partial charge in [0.15, 0.2) is 17.6 Å². The number of hydrogen-bond acceptors (Lipinski definition) is 5. The van der Waals surface area contributed by atoms with Gasteiger partial charge in [-0.3, -0.25) is 4.79 Å². The second-order valence-corrected chi connectivity index (χ2v) is 6.02. The van der Waals surface area contributed by atoms with E-state index in [1.54, 1.807) is 31.3 Å². The predicted octanol–water partition coefficient (Wildman–Crippen LogP) is 3.37. The summed E-state index contributed by atoms with van der Waals surface area (Å²) in [5.74, 6) is 0.257. The van der Waals surface area contributed by atoms with Crippen LogP contribution in [-0.2, 0) is 4.74 Å². The lowest BCUT2D eigenvalue weighted by Gasteiger charge is -2.19. The summed E-state index contributed by atoms with van der Waals surface area (Å²) in [6.45, 7) is 2.48. The number of ether oxygens (including phenoxy) is 3. The van der Waals surface area contributed by atoms with E-state index in [2.05, 4.69) is 4.98 Å². The van der Waals surface area contributed by atoms with Crippen molar-refractivity contribution < 1.29 is 23.8 Å². The molecule has 0 amide bonds. The fraction of sp³-hybridized carbons (Fsp3) is 0.200. The molecule has 0 unspecified atom stereocenters. The first kappa shape index (κ1) is 16.2. The van der Waals surface area contributed by atoms with Crippen molar-refractivity contribution in [3.05, 3.63) is 59.8 Å². The zero-order valence-electron chi connectivity index (χ0n) is 14.2. The third-order valence-corrected chi connectivity index (χ3v) is 4.29. The second-order valence-electron chi connectivity index (χ2n) is 6.02. The van der Waals surface area contributed by atoms with Crippen LogP contribution in [-0.4, -0.2) is 36.1 Å². The molecule has 0 radical (unpaired) electrons. The van der Waals surface area contributed by atoms with E-state index in [1.165, 1.54) is 0 Å². The zero-order chi connectivity index (χ0) is 18.1. The SMILES string of the molecule is C[C@H](OC(=O)c1ccc2c(c1)OCCO2)C(=O)c1c[nH]c2ccccc12. The molecule has 0 fully saturated rings. The molecule has 2 heterocycles. The van der Waals surface area contributed by atoms with Crippen molar-refractivity contribution in [3.63, 3.8) is 0 Å². The van der Waals surface area contributed by atoms with E-state index >= 15 is 0 Å². The van der Waals surface area contributed by atoms with Gasteiger partial charge in [-0.05, 0) is 31.2 Å². The largest absolute Gasteiger partial charge is 0.486 e. The first-order chi connectivity index (χ1) is 12.6. The number of carbonyl (C=O) groups is 2. The van der Waals surface area contributed by atoms with Crippen LogP contribution in [0.15, 0.2) is 48.7 Å². The van der Waals surface area contributed by atoms with Crippen molar-refractivity contribution in [2.24, 2.45) is 0 Å². The van der Waals surface area contributed by atoms with E-state index in [9.17, 15) is 9.59 Å². The molecule has 1 aromatic heterocycles. The molecule has 26 heavy (non-hydrogen) atoms. The molecule has 0 spiro atoms. The van der Waals surface area contributed by atoms with Crippen molar-refractivity contribution in [3.8, 4) is 11.5 Å². The molecule has 0 bridgehead atoms. The number of esters is 1. The summed E-state index contributed by atoms with van der Waals surface area (Å²) >= 11 is 0. The van der Waals surface area contributed by atoms with Gasteiger partial charge in [-0.2, -0.15) is 0 Å². The molecule has 4 rings (SSSR count). The lowest BCUT2D eigenvalue weighted by Crippen LogP contribution is -2.24. The molecular formula is C20H17NO5. The summed E-state index contributed by atoms with van der Waals surface area (Å²) in [6.07, 6.45) is 0.733. The van der Waals surface area contributed by atoms with Gasteiger partial charge in [0.25, 0.3) is 0 Å². The third-order valence-electron chi connectivity index (χ3n) is 4.29. The van der Waals surface area contributed by atoms with Crippen LogP contribution in [0, 0.1) is 0 Å². The minimum atomic E-state index is -0.907. The monoisotopic (exact) mass is 351 g/mol. The van der Waals surface area contributed by atoms with Gasteiger partial charge in [0.2, 0.25) is 5.78 Å². The molecule has 1 N–H and O–H groups in total. The highest BCUT2D eigenvalue weighted by atomic mass is 16.6. The van der Waals surface area contributed by atoms with Gasteiger partial charge in [-0.15, -0.1) is 0 Å². The summed E-state index contributed by atoms with van der Waals surface area (Å²) in [5.41, 5.74) is 1.68. The van der Waals surface area contributed by atoms with Crippen molar-refractivity contribution in [2.45, 2.75) is 13.0 Å². The molecule has 3 aromatic rings. The van der Waals surface area contributed by atoms with E-state index in [0.717, 1.165) is 10.9 Å².